The molecule has 14 heavy (non-hydrogen) atoms. The maximum absolute atomic E-state index is 13.2. The van der Waals surface area contributed by atoms with Gasteiger partial charge in [0, 0.05) is 12.8 Å². The average Bonchev–Trinajstić information content (AvgIpc) is 2.14. The van der Waals surface area contributed by atoms with Crippen LogP contribution in [0.15, 0.2) is 23.2 Å². The molecule has 1 aromatic rings. The Morgan fingerprint density at radius 3 is 2.64 bits per heavy atom. The maximum atomic E-state index is 13.2. The minimum atomic E-state index is -0.186. The Morgan fingerprint density at radius 1 is 1.36 bits per heavy atom. The van der Waals surface area contributed by atoms with Gasteiger partial charge in [-0.15, -0.1) is 0 Å². The molecule has 0 saturated heterocycles. The fourth-order valence-electron chi connectivity index (χ4n) is 1.24. The van der Waals surface area contributed by atoms with Crippen LogP contribution in [0.2, 0.25) is 0 Å². The first-order chi connectivity index (χ1) is 6.63. The van der Waals surface area contributed by atoms with Crippen molar-refractivity contribution in [3.63, 3.8) is 0 Å². The van der Waals surface area contributed by atoms with Gasteiger partial charge >= 0.3 is 0 Å². The van der Waals surface area contributed by atoms with Crippen LogP contribution in [0.4, 0.5) is 4.39 Å². The Hall–Kier alpha value is -1.18. The summed E-state index contributed by atoms with van der Waals surface area (Å²) in [6, 6.07) is 5.06. The quantitative estimate of drug-likeness (QED) is 0.652. The second-order valence-electron chi connectivity index (χ2n) is 3.60. The molecule has 0 bridgehead atoms. The molecule has 76 valence electrons. The lowest BCUT2D eigenvalue weighted by Crippen LogP contribution is -1.92. The zero-order chi connectivity index (χ0) is 10.6. The monoisotopic (exact) mass is 193 g/mol. The summed E-state index contributed by atoms with van der Waals surface area (Å²) in [6.45, 7) is 6.79. The van der Waals surface area contributed by atoms with Gasteiger partial charge in [-0.25, -0.2) is 4.39 Å². The van der Waals surface area contributed by atoms with Crippen molar-refractivity contribution in [2.75, 3.05) is 6.54 Å². The Kier molecular flexibility index (Phi) is 3.81. The van der Waals surface area contributed by atoms with E-state index in [-0.39, 0.29) is 5.82 Å². The largest absolute Gasteiger partial charge is 0.293 e. The Labute approximate surface area is 84.7 Å². The van der Waals surface area contributed by atoms with Crippen LogP contribution in [-0.2, 0) is 0 Å². The fourth-order valence-corrected chi connectivity index (χ4v) is 1.24. The van der Waals surface area contributed by atoms with Gasteiger partial charge in [0.1, 0.15) is 5.82 Å². The molecule has 1 nitrogen and oxygen atoms in total. The molecule has 0 unspecified atom stereocenters. The number of hydrogen-bond donors (Lipinski definition) is 0. The molecule has 0 spiro atoms. The summed E-state index contributed by atoms with van der Waals surface area (Å²) in [7, 11) is 0. The van der Waals surface area contributed by atoms with E-state index >= 15 is 0 Å². The Balaban J connectivity index is 3.01. The van der Waals surface area contributed by atoms with E-state index in [4.69, 9.17) is 0 Å². The van der Waals surface area contributed by atoms with Crippen LogP contribution in [0, 0.1) is 5.82 Å². The molecule has 0 aromatic heterocycles. The number of benzene rings is 1. The molecule has 1 rings (SSSR count). The van der Waals surface area contributed by atoms with Crippen LogP contribution in [0.25, 0.3) is 0 Å². The third-order valence-corrected chi connectivity index (χ3v) is 2.03. The van der Waals surface area contributed by atoms with E-state index in [1.165, 1.54) is 6.07 Å². The molecular formula is C12H16FN. The van der Waals surface area contributed by atoms with Crippen molar-refractivity contribution in [1.29, 1.82) is 0 Å². The number of rotatable bonds is 3. The van der Waals surface area contributed by atoms with Crippen molar-refractivity contribution >= 4 is 6.21 Å². The molecule has 1 aromatic carbocycles. The molecule has 2 heteroatoms. The SMILES string of the molecule is CC/N=C/c1cc(F)cc(C(C)C)c1. The molecule has 0 atom stereocenters. The van der Waals surface area contributed by atoms with Crippen molar-refractivity contribution in [2.45, 2.75) is 26.7 Å². The van der Waals surface area contributed by atoms with Crippen molar-refractivity contribution in [1.82, 2.24) is 0 Å². The second-order valence-corrected chi connectivity index (χ2v) is 3.60. The summed E-state index contributed by atoms with van der Waals surface area (Å²) >= 11 is 0. The summed E-state index contributed by atoms with van der Waals surface area (Å²) in [5, 5.41) is 0. The van der Waals surface area contributed by atoms with Gasteiger partial charge in [0.15, 0.2) is 0 Å². The van der Waals surface area contributed by atoms with Crippen LogP contribution in [0.3, 0.4) is 0 Å². The summed E-state index contributed by atoms with van der Waals surface area (Å²) in [4.78, 5) is 4.09. The van der Waals surface area contributed by atoms with Crippen LogP contribution in [0.1, 0.15) is 37.8 Å². The molecule has 0 amide bonds. The average molecular weight is 193 g/mol. The molecule has 0 aliphatic rings. The van der Waals surface area contributed by atoms with E-state index in [1.54, 1.807) is 12.3 Å². The minimum absolute atomic E-state index is 0.186. The lowest BCUT2D eigenvalue weighted by Gasteiger charge is -2.06. The van der Waals surface area contributed by atoms with Gasteiger partial charge in [-0.1, -0.05) is 13.8 Å². The topological polar surface area (TPSA) is 12.4 Å². The zero-order valence-electron chi connectivity index (χ0n) is 8.92. The van der Waals surface area contributed by atoms with Crippen LogP contribution in [0.5, 0.6) is 0 Å². The van der Waals surface area contributed by atoms with E-state index in [0.29, 0.717) is 5.92 Å². The molecule has 0 heterocycles. The highest BCUT2D eigenvalue weighted by Crippen LogP contribution is 2.16. The summed E-state index contributed by atoms with van der Waals surface area (Å²) in [5.41, 5.74) is 1.86. The summed E-state index contributed by atoms with van der Waals surface area (Å²) < 4.78 is 13.2. The second kappa shape index (κ2) is 4.89. The van der Waals surface area contributed by atoms with Gasteiger partial charge in [-0.2, -0.15) is 0 Å². The number of halogens is 1. The van der Waals surface area contributed by atoms with Crippen LogP contribution < -0.4 is 0 Å². The summed E-state index contributed by atoms with van der Waals surface area (Å²) in [6.07, 6.45) is 1.72. The molecule has 0 saturated carbocycles. The van der Waals surface area contributed by atoms with Gasteiger partial charge in [-0.05, 0) is 42.2 Å². The van der Waals surface area contributed by atoms with E-state index in [1.807, 2.05) is 13.0 Å². The smallest absolute Gasteiger partial charge is 0.124 e. The highest BCUT2D eigenvalue weighted by atomic mass is 19.1. The van der Waals surface area contributed by atoms with Crippen molar-refractivity contribution < 1.29 is 4.39 Å². The van der Waals surface area contributed by atoms with Gasteiger partial charge in [0.2, 0.25) is 0 Å². The van der Waals surface area contributed by atoms with E-state index in [0.717, 1.165) is 17.7 Å². The first-order valence-corrected chi connectivity index (χ1v) is 4.93. The van der Waals surface area contributed by atoms with Crippen LogP contribution >= 0.6 is 0 Å². The third-order valence-electron chi connectivity index (χ3n) is 2.03. The lowest BCUT2D eigenvalue weighted by molar-refractivity contribution is 0.623. The maximum Gasteiger partial charge on any atom is 0.124 e. The highest BCUT2D eigenvalue weighted by Gasteiger charge is 2.02. The Bertz CT molecular complexity index is 329. The van der Waals surface area contributed by atoms with E-state index < -0.39 is 0 Å². The van der Waals surface area contributed by atoms with Gasteiger partial charge < -0.3 is 0 Å². The minimum Gasteiger partial charge on any atom is -0.293 e. The van der Waals surface area contributed by atoms with E-state index in [9.17, 15) is 4.39 Å². The molecule has 0 aliphatic heterocycles. The van der Waals surface area contributed by atoms with Gasteiger partial charge in [0.25, 0.3) is 0 Å². The zero-order valence-corrected chi connectivity index (χ0v) is 8.92. The predicted octanol–water partition coefficient (Wildman–Crippen LogP) is 3.39. The fraction of sp³-hybridized carbons (Fsp3) is 0.417. The molecule has 0 N–H and O–H groups in total. The molecular weight excluding hydrogens is 177 g/mol. The molecule has 0 fully saturated rings. The van der Waals surface area contributed by atoms with Crippen molar-refractivity contribution in [3.05, 3.63) is 35.1 Å². The number of nitrogens with zero attached hydrogens (tertiary/aromatic N) is 1. The van der Waals surface area contributed by atoms with Crippen molar-refractivity contribution in [2.24, 2.45) is 4.99 Å². The normalized spacial score (nSPS) is 11.5. The predicted molar refractivity (Wildman–Crippen MR) is 58.6 cm³/mol. The lowest BCUT2D eigenvalue weighted by atomic mass is 10.0. The third kappa shape index (κ3) is 2.95. The molecule has 0 aliphatic carbocycles. The van der Waals surface area contributed by atoms with Crippen LogP contribution in [-0.4, -0.2) is 12.8 Å². The molecule has 0 radical (unpaired) electrons. The van der Waals surface area contributed by atoms with Crippen molar-refractivity contribution in [3.8, 4) is 0 Å². The number of hydrogen-bond acceptors (Lipinski definition) is 1. The Morgan fingerprint density at radius 2 is 2.07 bits per heavy atom. The summed E-state index contributed by atoms with van der Waals surface area (Å²) in [5.74, 6) is 0.160. The van der Waals surface area contributed by atoms with Gasteiger partial charge in [0.05, 0.1) is 0 Å². The standard InChI is InChI=1S/C12H16FN/c1-4-14-8-10-5-11(9(2)3)7-12(13)6-10/h5-9H,4H2,1-3H3/b14-8+. The highest BCUT2D eigenvalue weighted by molar-refractivity contribution is 5.79. The van der Waals surface area contributed by atoms with E-state index in [2.05, 4.69) is 18.8 Å². The van der Waals surface area contributed by atoms with Gasteiger partial charge in [-0.3, -0.25) is 4.99 Å². The first kappa shape index (κ1) is 10.9. The number of aliphatic imine (C=N–C) groups is 1. The first-order valence-electron chi connectivity index (χ1n) is 4.93.